The smallest absolute Gasteiger partial charge is 0.137 e. The van der Waals surface area contributed by atoms with Crippen molar-refractivity contribution in [2.24, 2.45) is 0 Å². The molecule has 0 amide bonds. The standard InChI is InChI=1S/C51H37NO/c1-51(2)44-22-13-12-21-41(44)49-42(37-19-10-5-11-20-37)32-40(33-45(49)51)52(39-28-25-36(26-29-39)34-15-6-3-7-16-34)46-23-14-24-48-50(46)43-31-38(27-30-47(43)53-48)35-17-8-4-9-18-35/h3-33H,1-2H3. The van der Waals surface area contributed by atoms with E-state index in [2.05, 4.69) is 207 Å². The van der Waals surface area contributed by atoms with Crippen molar-refractivity contribution in [2.75, 3.05) is 4.90 Å². The van der Waals surface area contributed by atoms with E-state index in [1.54, 1.807) is 0 Å². The van der Waals surface area contributed by atoms with Crippen molar-refractivity contribution in [1.82, 2.24) is 0 Å². The average molecular weight is 680 g/mol. The third-order valence-electron chi connectivity index (χ3n) is 11.1. The minimum Gasteiger partial charge on any atom is -0.456 e. The molecular weight excluding hydrogens is 643 g/mol. The summed E-state index contributed by atoms with van der Waals surface area (Å²) in [7, 11) is 0. The Kier molecular flexibility index (Phi) is 7.19. The Balaban J connectivity index is 1.26. The molecule has 0 unspecified atom stereocenters. The number of fused-ring (bicyclic) bond motifs is 6. The van der Waals surface area contributed by atoms with E-state index in [-0.39, 0.29) is 5.41 Å². The van der Waals surface area contributed by atoms with Crippen LogP contribution in [0, 0.1) is 0 Å². The highest BCUT2D eigenvalue weighted by Gasteiger charge is 2.38. The molecule has 0 N–H and O–H groups in total. The van der Waals surface area contributed by atoms with E-state index in [0.29, 0.717) is 0 Å². The molecule has 1 aliphatic rings. The van der Waals surface area contributed by atoms with Gasteiger partial charge in [-0.05, 0) is 104 Å². The van der Waals surface area contributed by atoms with E-state index in [1.807, 2.05) is 0 Å². The van der Waals surface area contributed by atoms with E-state index in [1.165, 1.54) is 50.1 Å². The first-order valence-electron chi connectivity index (χ1n) is 18.3. The van der Waals surface area contributed by atoms with Crippen LogP contribution in [0.1, 0.15) is 25.0 Å². The number of rotatable bonds is 6. The highest BCUT2D eigenvalue weighted by atomic mass is 16.3. The predicted octanol–water partition coefficient (Wildman–Crippen LogP) is 14.4. The number of nitrogens with zero attached hydrogens (tertiary/aromatic N) is 1. The zero-order valence-corrected chi connectivity index (χ0v) is 29.8. The molecule has 1 aromatic heterocycles. The van der Waals surface area contributed by atoms with E-state index in [0.717, 1.165) is 44.6 Å². The van der Waals surface area contributed by atoms with E-state index in [4.69, 9.17) is 4.42 Å². The second kappa shape index (κ2) is 12.3. The van der Waals surface area contributed by atoms with Gasteiger partial charge in [0.25, 0.3) is 0 Å². The van der Waals surface area contributed by atoms with Crippen LogP contribution in [0.4, 0.5) is 17.1 Å². The fourth-order valence-electron chi connectivity index (χ4n) is 8.44. The topological polar surface area (TPSA) is 16.4 Å². The molecule has 1 heterocycles. The lowest BCUT2D eigenvalue weighted by Gasteiger charge is -2.30. The maximum Gasteiger partial charge on any atom is 0.137 e. The largest absolute Gasteiger partial charge is 0.456 e. The Labute approximate surface area is 310 Å². The van der Waals surface area contributed by atoms with Crippen molar-refractivity contribution >= 4 is 39.0 Å². The van der Waals surface area contributed by atoms with Gasteiger partial charge in [-0.3, -0.25) is 0 Å². The Morgan fingerprint density at radius 2 is 1.02 bits per heavy atom. The van der Waals surface area contributed by atoms with Crippen LogP contribution in [0.25, 0.3) is 66.4 Å². The summed E-state index contributed by atoms with van der Waals surface area (Å²) in [6, 6.07) is 67.8. The summed E-state index contributed by atoms with van der Waals surface area (Å²) in [5.41, 5.74) is 17.3. The highest BCUT2D eigenvalue weighted by molar-refractivity contribution is 6.14. The number of benzene rings is 8. The van der Waals surface area contributed by atoms with Crippen LogP contribution < -0.4 is 4.90 Å². The van der Waals surface area contributed by atoms with Gasteiger partial charge in [0.05, 0.1) is 11.1 Å². The molecule has 2 heteroatoms. The number of anilines is 3. The van der Waals surface area contributed by atoms with Crippen molar-refractivity contribution < 1.29 is 4.42 Å². The quantitative estimate of drug-likeness (QED) is 0.174. The maximum absolute atomic E-state index is 6.60. The van der Waals surface area contributed by atoms with Gasteiger partial charge in [-0.15, -0.1) is 0 Å². The number of hydrogen-bond acceptors (Lipinski definition) is 2. The van der Waals surface area contributed by atoms with Gasteiger partial charge in [0.2, 0.25) is 0 Å². The molecule has 0 bridgehead atoms. The lowest BCUT2D eigenvalue weighted by Crippen LogP contribution is -2.17. The van der Waals surface area contributed by atoms with Crippen molar-refractivity contribution in [2.45, 2.75) is 19.3 Å². The molecule has 0 fully saturated rings. The molecular formula is C51H37NO. The summed E-state index contributed by atoms with van der Waals surface area (Å²) in [4.78, 5) is 2.44. The van der Waals surface area contributed by atoms with E-state index >= 15 is 0 Å². The van der Waals surface area contributed by atoms with Crippen LogP contribution in [0.15, 0.2) is 192 Å². The van der Waals surface area contributed by atoms with Crippen molar-refractivity contribution in [3.63, 3.8) is 0 Å². The minimum atomic E-state index is -0.187. The lowest BCUT2D eigenvalue weighted by atomic mass is 9.81. The molecule has 53 heavy (non-hydrogen) atoms. The molecule has 2 nitrogen and oxygen atoms in total. The van der Waals surface area contributed by atoms with Crippen LogP contribution in [-0.4, -0.2) is 0 Å². The van der Waals surface area contributed by atoms with Gasteiger partial charge in [-0.1, -0.05) is 153 Å². The first-order chi connectivity index (χ1) is 26.0. The lowest BCUT2D eigenvalue weighted by molar-refractivity contribution is 0.660. The van der Waals surface area contributed by atoms with Crippen LogP contribution in [-0.2, 0) is 5.41 Å². The second-order valence-corrected chi connectivity index (χ2v) is 14.5. The Morgan fingerprint density at radius 1 is 0.415 bits per heavy atom. The SMILES string of the molecule is CC1(C)c2ccccc2-c2c(-c3ccccc3)cc(N(c3ccc(-c4ccccc4)cc3)c3cccc4oc5ccc(-c6ccccc6)cc5c34)cc21. The summed E-state index contributed by atoms with van der Waals surface area (Å²) < 4.78 is 6.60. The van der Waals surface area contributed by atoms with E-state index in [9.17, 15) is 0 Å². The van der Waals surface area contributed by atoms with Gasteiger partial charge in [0, 0.05) is 22.2 Å². The van der Waals surface area contributed by atoms with Crippen molar-refractivity contribution in [3.05, 3.63) is 199 Å². The fraction of sp³-hybridized carbons (Fsp3) is 0.0588. The van der Waals surface area contributed by atoms with Gasteiger partial charge >= 0.3 is 0 Å². The monoisotopic (exact) mass is 679 g/mol. The number of hydrogen-bond donors (Lipinski definition) is 0. The second-order valence-electron chi connectivity index (χ2n) is 14.5. The molecule has 0 atom stereocenters. The van der Waals surface area contributed by atoms with Crippen LogP contribution in [0.5, 0.6) is 0 Å². The van der Waals surface area contributed by atoms with Gasteiger partial charge in [0.1, 0.15) is 11.2 Å². The highest BCUT2D eigenvalue weighted by Crippen LogP contribution is 2.55. The third kappa shape index (κ3) is 5.10. The summed E-state index contributed by atoms with van der Waals surface area (Å²) in [5.74, 6) is 0. The van der Waals surface area contributed by atoms with Crippen LogP contribution >= 0.6 is 0 Å². The van der Waals surface area contributed by atoms with Gasteiger partial charge in [-0.25, -0.2) is 0 Å². The first kappa shape index (κ1) is 31.1. The van der Waals surface area contributed by atoms with Gasteiger partial charge in [-0.2, -0.15) is 0 Å². The number of furan rings is 1. The Morgan fingerprint density at radius 3 is 1.74 bits per heavy atom. The summed E-state index contributed by atoms with van der Waals surface area (Å²) >= 11 is 0. The molecule has 1 aliphatic carbocycles. The van der Waals surface area contributed by atoms with Gasteiger partial charge in [0.15, 0.2) is 0 Å². The van der Waals surface area contributed by atoms with Crippen LogP contribution in [0.2, 0.25) is 0 Å². The molecule has 10 rings (SSSR count). The molecule has 252 valence electrons. The molecule has 9 aromatic rings. The molecule has 0 spiro atoms. The Bertz CT molecular complexity index is 2780. The Hall–Kier alpha value is -6.64. The summed E-state index contributed by atoms with van der Waals surface area (Å²) in [5, 5.41) is 2.19. The summed E-state index contributed by atoms with van der Waals surface area (Å²) in [6.07, 6.45) is 0. The fourth-order valence-corrected chi connectivity index (χ4v) is 8.44. The predicted molar refractivity (Wildman–Crippen MR) is 222 cm³/mol. The normalized spacial score (nSPS) is 12.9. The molecule has 0 aliphatic heterocycles. The summed E-state index contributed by atoms with van der Waals surface area (Å²) in [6.45, 7) is 4.73. The molecule has 8 aromatic carbocycles. The van der Waals surface area contributed by atoms with Crippen LogP contribution in [0.3, 0.4) is 0 Å². The minimum absolute atomic E-state index is 0.187. The zero-order valence-electron chi connectivity index (χ0n) is 29.8. The maximum atomic E-state index is 6.60. The van der Waals surface area contributed by atoms with Crippen molar-refractivity contribution in [1.29, 1.82) is 0 Å². The first-order valence-corrected chi connectivity index (χ1v) is 18.3. The molecule has 0 saturated heterocycles. The molecule has 0 radical (unpaired) electrons. The van der Waals surface area contributed by atoms with Gasteiger partial charge < -0.3 is 9.32 Å². The van der Waals surface area contributed by atoms with Crippen molar-refractivity contribution in [3.8, 4) is 44.5 Å². The zero-order chi connectivity index (χ0) is 35.5. The molecule has 0 saturated carbocycles. The van der Waals surface area contributed by atoms with E-state index < -0.39 is 0 Å². The average Bonchev–Trinajstić information content (AvgIpc) is 3.71. The third-order valence-corrected chi connectivity index (χ3v) is 11.1.